The maximum atomic E-state index is 11.5. The Morgan fingerprint density at radius 1 is 1.54 bits per heavy atom. The zero-order valence-electron chi connectivity index (χ0n) is 8.13. The first kappa shape index (κ1) is 10.5. The summed E-state index contributed by atoms with van der Waals surface area (Å²) in [6, 6.07) is 0. The van der Waals surface area contributed by atoms with Crippen molar-refractivity contribution in [2.45, 2.75) is 44.6 Å². The molecule has 2 nitrogen and oxygen atoms in total. The molecule has 1 rings (SSSR count). The fourth-order valence-electron chi connectivity index (χ4n) is 1.58. The second kappa shape index (κ2) is 5.92. The lowest BCUT2D eigenvalue weighted by molar-refractivity contribution is -0.133. The average molecular weight is 182 g/mol. The van der Waals surface area contributed by atoms with Crippen molar-refractivity contribution in [3.8, 4) is 0 Å². The molecule has 2 heteroatoms. The first-order valence-electron chi connectivity index (χ1n) is 5.10. The van der Waals surface area contributed by atoms with Crippen molar-refractivity contribution >= 4 is 5.78 Å². The van der Waals surface area contributed by atoms with Crippen LogP contribution >= 0.6 is 0 Å². The van der Waals surface area contributed by atoms with Gasteiger partial charge in [-0.25, -0.2) is 0 Å². The van der Waals surface area contributed by atoms with E-state index in [0.717, 1.165) is 38.7 Å². The van der Waals surface area contributed by atoms with Gasteiger partial charge in [-0.05, 0) is 32.1 Å². The lowest BCUT2D eigenvalue weighted by atomic mass is 10.0. The molecule has 1 fully saturated rings. The summed E-state index contributed by atoms with van der Waals surface area (Å²) in [7, 11) is 0. The third kappa shape index (κ3) is 3.73. The Kier molecular flexibility index (Phi) is 4.76. The summed E-state index contributed by atoms with van der Waals surface area (Å²) in [5.41, 5.74) is 0. The van der Waals surface area contributed by atoms with E-state index in [1.54, 1.807) is 0 Å². The molecule has 74 valence electrons. The molecule has 1 saturated heterocycles. The number of carbonyl (C=O) groups excluding carboxylic acids is 1. The van der Waals surface area contributed by atoms with Crippen LogP contribution in [0.15, 0.2) is 12.7 Å². The van der Waals surface area contributed by atoms with Crippen LogP contribution in [0.5, 0.6) is 0 Å². The van der Waals surface area contributed by atoms with Gasteiger partial charge in [0.05, 0.1) is 0 Å². The van der Waals surface area contributed by atoms with E-state index in [-0.39, 0.29) is 11.9 Å². The van der Waals surface area contributed by atoms with Crippen LogP contribution in [0.1, 0.15) is 38.5 Å². The van der Waals surface area contributed by atoms with Crippen LogP contribution in [0.2, 0.25) is 0 Å². The summed E-state index contributed by atoms with van der Waals surface area (Å²) >= 11 is 0. The highest BCUT2D eigenvalue weighted by Crippen LogP contribution is 2.15. The molecule has 0 bridgehead atoms. The second-order valence-corrected chi connectivity index (χ2v) is 3.50. The molecule has 0 aromatic rings. The smallest absolute Gasteiger partial charge is 0.161 e. The van der Waals surface area contributed by atoms with Gasteiger partial charge >= 0.3 is 0 Å². The summed E-state index contributed by atoms with van der Waals surface area (Å²) < 4.78 is 5.40. The van der Waals surface area contributed by atoms with Crippen LogP contribution < -0.4 is 0 Å². The van der Waals surface area contributed by atoms with Crippen LogP contribution in [0.4, 0.5) is 0 Å². The van der Waals surface area contributed by atoms with Gasteiger partial charge in [0.1, 0.15) is 6.10 Å². The summed E-state index contributed by atoms with van der Waals surface area (Å²) in [5, 5.41) is 0. The van der Waals surface area contributed by atoms with E-state index in [2.05, 4.69) is 6.58 Å². The highest BCUT2D eigenvalue weighted by molar-refractivity contribution is 5.83. The number of allylic oxidation sites excluding steroid dienone is 1. The minimum Gasteiger partial charge on any atom is -0.370 e. The van der Waals surface area contributed by atoms with Gasteiger partial charge in [-0.3, -0.25) is 4.79 Å². The van der Waals surface area contributed by atoms with Gasteiger partial charge < -0.3 is 4.74 Å². The molecular formula is C11H18O2. The zero-order valence-corrected chi connectivity index (χ0v) is 8.13. The number of carbonyl (C=O) groups is 1. The summed E-state index contributed by atoms with van der Waals surface area (Å²) in [6.07, 6.45) is 7.42. The first-order valence-corrected chi connectivity index (χ1v) is 5.10. The molecule has 0 aromatic heterocycles. The van der Waals surface area contributed by atoms with E-state index < -0.39 is 0 Å². The van der Waals surface area contributed by atoms with Gasteiger partial charge in [-0.2, -0.15) is 0 Å². The molecule has 0 saturated carbocycles. The van der Waals surface area contributed by atoms with Gasteiger partial charge in [-0.1, -0.05) is 6.08 Å². The van der Waals surface area contributed by atoms with Crippen molar-refractivity contribution in [3.05, 3.63) is 12.7 Å². The molecule has 0 spiro atoms. The molecule has 1 aliphatic rings. The molecule has 1 unspecified atom stereocenters. The third-order valence-electron chi connectivity index (χ3n) is 2.37. The largest absolute Gasteiger partial charge is 0.370 e. The van der Waals surface area contributed by atoms with Crippen molar-refractivity contribution in [2.75, 3.05) is 6.61 Å². The summed E-state index contributed by atoms with van der Waals surface area (Å²) in [5.74, 6) is 0.279. The number of ketones is 1. The van der Waals surface area contributed by atoms with Crippen LogP contribution in [0.25, 0.3) is 0 Å². The van der Waals surface area contributed by atoms with Gasteiger partial charge in [0.25, 0.3) is 0 Å². The Hall–Kier alpha value is -0.630. The molecular weight excluding hydrogens is 164 g/mol. The van der Waals surface area contributed by atoms with Crippen LogP contribution in [-0.2, 0) is 9.53 Å². The molecule has 0 amide bonds. The lowest BCUT2D eigenvalue weighted by Crippen LogP contribution is -2.27. The van der Waals surface area contributed by atoms with Crippen molar-refractivity contribution < 1.29 is 9.53 Å². The standard InChI is InChI=1S/C11H18O2/c1-2-3-4-7-10(12)11-8-5-6-9-13-11/h2,11H,1,3-9H2. The SMILES string of the molecule is C=CCCCC(=O)C1CCCCO1. The van der Waals surface area contributed by atoms with Crippen molar-refractivity contribution in [1.29, 1.82) is 0 Å². The van der Waals surface area contributed by atoms with Gasteiger partial charge in [0.15, 0.2) is 5.78 Å². The fraction of sp³-hybridized carbons (Fsp3) is 0.727. The van der Waals surface area contributed by atoms with E-state index in [9.17, 15) is 4.79 Å². The lowest BCUT2D eigenvalue weighted by Gasteiger charge is -2.21. The number of unbranched alkanes of at least 4 members (excludes halogenated alkanes) is 1. The fourth-order valence-corrected chi connectivity index (χ4v) is 1.58. The summed E-state index contributed by atoms with van der Waals surface area (Å²) in [4.78, 5) is 11.5. The molecule has 0 aromatic carbocycles. The van der Waals surface area contributed by atoms with E-state index in [1.165, 1.54) is 0 Å². The molecule has 1 aliphatic heterocycles. The summed E-state index contributed by atoms with van der Waals surface area (Å²) in [6.45, 7) is 4.39. The predicted octanol–water partition coefficient (Wildman–Crippen LogP) is 2.48. The van der Waals surface area contributed by atoms with Crippen molar-refractivity contribution in [3.63, 3.8) is 0 Å². The Bertz CT molecular complexity index is 169. The van der Waals surface area contributed by atoms with Crippen molar-refractivity contribution in [2.24, 2.45) is 0 Å². The Morgan fingerprint density at radius 3 is 3.00 bits per heavy atom. The monoisotopic (exact) mass is 182 g/mol. The van der Waals surface area contributed by atoms with E-state index in [0.29, 0.717) is 6.42 Å². The maximum Gasteiger partial charge on any atom is 0.161 e. The number of Topliss-reactive ketones (excluding diaryl/α,β-unsaturated/α-hetero) is 1. The quantitative estimate of drug-likeness (QED) is 0.482. The molecule has 1 atom stereocenters. The first-order chi connectivity index (χ1) is 6.34. The van der Waals surface area contributed by atoms with E-state index in [1.807, 2.05) is 6.08 Å². The zero-order chi connectivity index (χ0) is 9.52. The van der Waals surface area contributed by atoms with Crippen LogP contribution in [-0.4, -0.2) is 18.5 Å². The Balaban J connectivity index is 2.17. The van der Waals surface area contributed by atoms with Crippen LogP contribution in [0.3, 0.4) is 0 Å². The van der Waals surface area contributed by atoms with Gasteiger partial charge in [0, 0.05) is 13.0 Å². The van der Waals surface area contributed by atoms with Crippen LogP contribution in [0, 0.1) is 0 Å². The predicted molar refractivity (Wildman–Crippen MR) is 52.6 cm³/mol. The van der Waals surface area contributed by atoms with Gasteiger partial charge in [0.2, 0.25) is 0 Å². The molecule has 0 radical (unpaired) electrons. The minimum absolute atomic E-state index is 0.0986. The third-order valence-corrected chi connectivity index (χ3v) is 2.37. The maximum absolute atomic E-state index is 11.5. The molecule has 1 heterocycles. The Morgan fingerprint density at radius 2 is 2.38 bits per heavy atom. The topological polar surface area (TPSA) is 26.3 Å². The number of rotatable bonds is 5. The van der Waals surface area contributed by atoms with E-state index >= 15 is 0 Å². The molecule has 13 heavy (non-hydrogen) atoms. The second-order valence-electron chi connectivity index (χ2n) is 3.50. The number of ether oxygens (including phenoxy) is 1. The van der Waals surface area contributed by atoms with E-state index in [4.69, 9.17) is 4.74 Å². The normalized spacial score (nSPS) is 22.6. The number of hydrogen-bond donors (Lipinski definition) is 0. The highest BCUT2D eigenvalue weighted by atomic mass is 16.5. The highest BCUT2D eigenvalue weighted by Gasteiger charge is 2.20. The number of hydrogen-bond acceptors (Lipinski definition) is 2. The Labute approximate surface area is 80.0 Å². The minimum atomic E-state index is -0.0986. The van der Waals surface area contributed by atoms with Crippen molar-refractivity contribution in [1.82, 2.24) is 0 Å². The average Bonchev–Trinajstić information content (AvgIpc) is 2.19. The molecule has 0 aliphatic carbocycles. The molecule has 0 N–H and O–H groups in total. The van der Waals surface area contributed by atoms with Gasteiger partial charge in [-0.15, -0.1) is 6.58 Å².